The van der Waals surface area contributed by atoms with Gasteiger partial charge >= 0.3 is 0 Å². The van der Waals surface area contributed by atoms with Crippen LogP contribution < -0.4 is 10.6 Å². The molecule has 0 radical (unpaired) electrons. The maximum Gasteiger partial charge on any atom is 0.244 e. The zero-order valence-corrected chi connectivity index (χ0v) is 21.5. The van der Waals surface area contributed by atoms with Gasteiger partial charge in [0.1, 0.15) is 6.04 Å². The molecule has 3 saturated heterocycles. The number of aliphatic hydroxyl groups is 1. The molecule has 31 heavy (non-hydrogen) atoms. The van der Waals surface area contributed by atoms with E-state index in [4.69, 9.17) is 0 Å². The van der Waals surface area contributed by atoms with E-state index in [9.17, 15) is 19.5 Å². The van der Waals surface area contributed by atoms with Crippen LogP contribution in [0.5, 0.6) is 0 Å². The van der Waals surface area contributed by atoms with E-state index in [2.05, 4.69) is 26.6 Å². The van der Waals surface area contributed by atoms with Crippen LogP contribution in [0.1, 0.15) is 53.9 Å². The van der Waals surface area contributed by atoms with E-state index in [1.165, 1.54) is 0 Å². The number of nitrogens with one attached hydrogen (secondary N) is 2. The van der Waals surface area contributed by atoms with E-state index in [0.717, 1.165) is 6.42 Å². The molecule has 3 aliphatic rings. The first-order valence-corrected chi connectivity index (χ1v) is 13.2. The largest absolute Gasteiger partial charge is 0.394 e. The minimum absolute atomic E-state index is 0.0417. The Bertz CT molecular complexity index is 721. The van der Waals surface area contributed by atoms with Crippen LogP contribution in [-0.2, 0) is 14.4 Å². The fraction of sp³-hybridized carbons (Fsp3) is 0.864. The third-order valence-corrected chi connectivity index (χ3v) is 9.83. The molecule has 0 aromatic rings. The van der Waals surface area contributed by atoms with Gasteiger partial charge in [0, 0.05) is 22.7 Å². The van der Waals surface area contributed by atoms with Gasteiger partial charge in [0.25, 0.3) is 0 Å². The second-order valence-corrected chi connectivity index (χ2v) is 12.5. The van der Waals surface area contributed by atoms with Crippen LogP contribution in [0.3, 0.4) is 0 Å². The number of likely N-dealkylation sites (tertiary alicyclic amines) is 1. The van der Waals surface area contributed by atoms with Crippen molar-refractivity contribution < 1.29 is 19.5 Å². The van der Waals surface area contributed by atoms with E-state index in [1.807, 2.05) is 34.6 Å². The number of carbonyl (C=O) groups is 3. The van der Waals surface area contributed by atoms with Crippen LogP contribution in [0.4, 0.5) is 0 Å². The molecule has 0 aromatic carbocycles. The third-order valence-electron chi connectivity index (χ3n) is 6.61. The predicted molar refractivity (Wildman–Crippen MR) is 126 cm³/mol. The standard InChI is InChI=1S/C22H36BrN3O4S/c1-6-7-24-19(28)15-16-21(30)26(13(10-27)8-11(2)3)18(20(29)25-12(4)5)22(16)9-14(23)17(15)31-22/h11-18,27H,6-10H2,1-5H3,(H,24,28)(H,25,29)/t13-,14?,15+,16+,17+,18?,22?/m1/s1. The molecule has 176 valence electrons. The number of hydrogen-bond donors (Lipinski definition) is 3. The van der Waals surface area contributed by atoms with Crippen LogP contribution in [0.25, 0.3) is 0 Å². The molecule has 3 amide bonds. The van der Waals surface area contributed by atoms with Gasteiger partial charge in [-0.3, -0.25) is 14.4 Å². The lowest BCUT2D eigenvalue weighted by Gasteiger charge is -2.38. The Kier molecular flexibility index (Phi) is 7.69. The molecular formula is C22H36BrN3O4S. The minimum Gasteiger partial charge on any atom is -0.394 e. The molecule has 3 fully saturated rings. The number of halogens is 1. The first-order valence-electron chi connectivity index (χ1n) is 11.4. The van der Waals surface area contributed by atoms with Crippen molar-refractivity contribution in [3.05, 3.63) is 0 Å². The van der Waals surface area contributed by atoms with E-state index in [1.54, 1.807) is 16.7 Å². The fourth-order valence-electron chi connectivity index (χ4n) is 5.61. The van der Waals surface area contributed by atoms with Crippen molar-refractivity contribution >= 4 is 45.4 Å². The number of amides is 3. The highest BCUT2D eigenvalue weighted by Gasteiger charge is 2.76. The molecule has 3 heterocycles. The molecule has 7 nitrogen and oxygen atoms in total. The van der Waals surface area contributed by atoms with Crippen molar-refractivity contribution in [2.45, 2.75) is 86.8 Å². The van der Waals surface area contributed by atoms with Crippen LogP contribution >= 0.6 is 27.7 Å². The van der Waals surface area contributed by atoms with Crippen molar-refractivity contribution in [2.75, 3.05) is 13.2 Å². The smallest absolute Gasteiger partial charge is 0.244 e. The summed E-state index contributed by atoms with van der Waals surface area (Å²) >= 11 is 5.39. The number of hydrogen-bond acceptors (Lipinski definition) is 5. The zero-order valence-electron chi connectivity index (χ0n) is 19.1. The van der Waals surface area contributed by atoms with Crippen molar-refractivity contribution in [3.8, 4) is 0 Å². The van der Waals surface area contributed by atoms with Gasteiger partial charge in [0.2, 0.25) is 17.7 Å². The van der Waals surface area contributed by atoms with Crippen molar-refractivity contribution in [1.29, 1.82) is 0 Å². The molecule has 7 atom stereocenters. The second kappa shape index (κ2) is 9.59. The quantitative estimate of drug-likeness (QED) is 0.405. The van der Waals surface area contributed by atoms with Gasteiger partial charge in [-0.05, 0) is 39.0 Å². The summed E-state index contributed by atoms with van der Waals surface area (Å²) in [5.41, 5.74) is 0. The Morgan fingerprint density at radius 1 is 1.29 bits per heavy atom. The summed E-state index contributed by atoms with van der Waals surface area (Å²) in [4.78, 5) is 42.2. The average Bonchev–Trinajstić information content (AvgIpc) is 3.27. The second-order valence-electron chi connectivity index (χ2n) is 9.83. The highest BCUT2D eigenvalue weighted by Crippen LogP contribution is 2.68. The van der Waals surface area contributed by atoms with E-state index < -0.39 is 28.7 Å². The van der Waals surface area contributed by atoms with Crippen LogP contribution in [0, 0.1) is 17.8 Å². The molecule has 9 heteroatoms. The third kappa shape index (κ3) is 4.26. The van der Waals surface area contributed by atoms with Gasteiger partial charge < -0.3 is 20.6 Å². The number of alkyl halides is 1. The first kappa shape index (κ1) is 24.8. The Morgan fingerprint density at radius 2 is 1.97 bits per heavy atom. The number of carbonyl (C=O) groups excluding carboxylic acids is 3. The summed E-state index contributed by atoms with van der Waals surface area (Å²) in [5, 5.41) is 16.1. The average molecular weight is 519 g/mol. The number of rotatable bonds is 9. The summed E-state index contributed by atoms with van der Waals surface area (Å²) < 4.78 is -0.659. The lowest BCUT2D eigenvalue weighted by molar-refractivity contribution is -0.143. The van der Waals surface area contributed by atoms with Gasteiger partial charge in [0.05, 0.1) is 29.2 Å². The maximum absolute atomic E-state index is 13.9. The van der Waals surface area contributed by atoms with Crippen molar-refractivity contribution in [2.24, 2.45) is 17.8 Å². The summed E-state index contributed by atoms with van der Waals surface area (Å²) in [6.45, 7) is 10.3. The van der Waals surface area contributed by atoms with E-state index >= 15 is 0 Å². The number of thioether (sulfide) groups is 1. The maximum atomic E-state index is 13.9. The predicted octanol–water partition coefficient (Wildman–Crippen LogP) is 1.91. The molecule has 3 unspecified atom stereocenters. The first-order chi connectivity index (χ1) is 14.6. The van der Waals surface area contributed by atoms with Crippen LogP contribution in [-0.4, -0.2) is 73.8 Å². The molecule has 0 aliphatic carbocycles. The van der Waals surface area contributed by atoms with Gasteiger partial charge in [-0.15, -0.1) is 11.8 Å². The van der Waals surface area contributed by atoms with E-state index in [-0.39, 0.29) is 46.4 Å². The SMILES string of the molecule is CCCNC(=O)[C@H]1[C@H]2C(=O)N([C@@H](CO)CC(C)C)C(C(=O)NC(C)C)C23CC(Br)[C@@H]1S3. The molecule has 3 N–H and O–H groups in total. The normalized spacial score (nSPS) is 35.1. The van der Waals surface area contributed by atoms with Crippen molar-refractivity contribution in [3.63, 3.8) is 0 Å². The van der Waals surface area contributed by atoms with Crippen molar-refractivity contribution in [1.82, 2.24) is 15.5 Å². The van der Waals surface area contributed by atoms with E-state index in [0.29, 0.717) is 19.4 Å². The highest BCUT2D eigenvalue weighted by atomic mass is 79.9. The molecule has 3 rings (SSSR count). The van der Waals surface area contributed by atoms with Gasteiger partial charge in [-0.1, -0.05) is 36.7 Å². The number of nitrogens with zero attached hydrogens (tertiary/aromatic N) is 1. The van der Waals surface area contributed by atoms with Crippen LogP contribution in [0.15, 0.2) is 0 Å². The summed E-state index contributed by atoms with van der Waals surface area (Å²) in [7, 11) is 0. The molecular weight excluding hydrogens is 482 g/mol. The lowest BCUT2D eigenvalue weighted by atomic mass is 9.70. The van der Waals surface area contributed by atoms with Gasteiger partial charge in [0.15, 0.2) is 0 Å². The Balaban J connectivity index is 2.05. The summed E-state index contributed by atoms with van der Waals surface area (Å²) in [6, 6.07) is -1.20. The summed E-state index contributed by atoms with van der Waals surface area (Å²) in [5.74, 6) is -1.20. The molecule has 2 bridgehead atoms. The molecule has 3 aliphatic heterocycles. The molecule has 1 spiro atoms. The minimum atomic E-state index is -0.692. The molecule has 0 saturated carbocycles. The Morgan fingerprint density at radius 3 is 2.52 bits per heavy atom. The lowest BCUT2D eigenvalue weighted by Crippen LogP contribution is -2.58. The van der Waals surface area contributed by atoms with Crippen LogP contribution in [0.2, 0.25) is 0 Å². The number of aliphatic hydroxyl groups excluding tert-OH is 1. The zero-order chi connectivity index (χ0) is 23.1. The summed E-state index contributed by atoms with van der Waals surface area (Å²) in [6.07, 6.45) is 2.09. The van der Waals surface area contributed by atoms with Gasteiger partial charge in [-0.25, -0.2) is 0 Å². The number of fused-ring (bicyclic) bond motifs is 1. The highest BCUT2D eigenvalue weighted by molar-refractivity contribution is 9.09. The Hall–Kier alpha value is -0.800. The Labute approximate surface area is 198 Å². The molecule has 0 aromatic heterocycles. The topological polar surface area (TPSA) is 98.7 Å². The fourth-order valence-corrected chi connectivity index (χ4v) is 9.21. The van der Waals surface area contributed by atoms with Gasteiger partial charge in [-0.2, -0.15) is 0 Å². The monoisotopic (exact) mass is 517 g/mol.